The first-order chi connectivity index (χ1) is 15.0. The van der Waals surface area contributed by atoms with Crippen LogP contribution >= 0.6 is 0 Å². The molecule has 2 aromatic rings. The summed E-state index contributed by atoms with van der Waals surface area (Å²) < 4.78 is 22.0. The predicted octanol–water partition coefficient (Wildman–Crippen LogP) is 3.11. The largest absolute Gasteiger partial charge is 0.488 e. The number of ether oxygens (including phenoxy) is 3. The second kappa shape index (κ2) is 10.9. The molecule has 0 aliphatic carbocycles. The fourth-order valence-electron chi connectivity index (χ4n) is 3.31. The van der Waals surface area contributed by atoms with Gasteiger partial charge in [0.25, 0.3) is 0 Å². The van der Waals surface area contributed by atoms with Gasteiger partial charge in [0.05, 0.1) is 33.4 Å². The van der Waals surface area contributed by atoms with Gasteiger partial charge in [0.15, 0.2) is 5.96 Å². The van der Waals surface area contributed by atoms with Gasteiger partial charge in [0, 0.05) is 18.5 Å². The van der Waals surface area contributed by atoms with Crippen molar-refractivity contribution in [1.82, 2.24) is 10.6 Å². The number of nitrogens with zero attached hydrogens (tertiary/aromatic N) is 1. The average Bonchev–Trinajstić information content (AvgIpc) is 3.40. The molecule has 0 saturated carbocycles. The maximum Gasteiger partial charge on any atom is 0.341 e. The Hall–Kier alpha value is -3.00. The van der Waals surface area contributed by atoms with E-state index in [0.717, 1.165) is 29.9 Å². The van der Waals surface area contributed by atoms with Crippen LogP contribution in [-0.4, -0.2) is 44.9 Å². The summed E-state index contributed by atoms with van der Waals surface area (Å²) in [6.45, 7) is 8.72. The number of benzene rings is 1. The molecule has 1 atom stereocenters. The Balaban J connectivity index is 1.68. The molecule has 1 aliphatic heterocycles. The molecule has 2 N–H and O–H groups in total. The fourth-order valence-corrected chi connectivity index (χ4v) is 3.31. The monoisotopic (exact) mass is 429 g/mol. The fraction of sp³-hybridized carbons (Fsp3) is 0.478. The number of guanidine groups is 1. The van der Waals surface area contributed by atoms with Crippen LogP contribution in [-0.2, 0) is 22.6 Å². The zero-order valence-corrected chi connectivity index (χ0v) is 18.6. The number of furan rings is 1. The van der Waals surface area contributed by atoms with Gasteiger partial charge in [0.2, 0.25) is 0 Å². The third-order valence-electron chi connectivity index (χ3n) is 4.96. The lowest BCUT2D eigenvalue weighted by atomic mass is 10.1. The van der Waals surface area contributed by atoms with E-state index in [4.69, 9.17) is 23.6 Å². The van der Waals surface area contributed by atoms with E-state index in [1.165, 1.54) is 7.11 Å². The van der Waals surface area contributed by atoms with Crippen LogP contribution in [0.1, 0.15) is 46.3 Å². The lowest BCUT2D eigenvalue weighted by Crippen LogP contribution is -2.36. The van der Waals surface area contributed by atoms with Gasteiger partial charge in [-0.25, -0.2) is 9.79 Å². The second-order valence-corrected chi connectivity index (χ2v) is 7.44. The number of carbonyl (C=O) groups is 1. The van der Waals surface area contributed by atoms with Crippen LogP contribution in [0, 0.1) is 13.8 Å². The van der Waals surface area contributed by atoms with Gasteiger partial charge in [-0.1, -0.05) is 12.1 Å². The number of methoxy groups -OCH3 is 1. The van der Waals surface area contributed by atoms with Crippen LogP contribution in [0.15, 0.2) is 33.7 Å². The summed E-state index contributed by atoms with van der Waals surface area (Å²) in [5, 5.41) is 6.47. The van der Waals surface area contributed by atoms with Crippen molar-refractivity contribution >= 4 is 11.9 Å². The molecule has 2 heterocycles. The van der Waals surface area contributed by atoms with Crippen LogP contribution in [0.3, 0.4) is 0 Å². The molecule has 168 valence electrons. The summed E-state index contributed by atoms with van der Waals surface area (Å²) in [5.74, 6) is 2.24. The zero-order chi connectivity index (χ0) is 22.2. The Morgan fingerprint density at radius 2 is 2.10 bits per heavy atom. The first kappa shape index (κ1) is 22.7. The van der Waals surface area contributed by atoms with Crippen LogP contribution in [0.25, 0.3) is 0 Å². The Kier molecular flexibility index (Phi) is 7.94. The van der Waals surface area contributed by atoms with E-state index in [-0.39, 0.29) is 6.10 Å². The van der Waals surface area contributed by atoms with Crippen LogP contribution in [0.4, 0.5) is 0 Å². The summed E-state index contributed by atoms with van der Waals surface area (Å²) in [6.07, 6.45) is 0.985. The van der Waals surface area contributed by atoms with Gasteiger partial charge in [0.1, 0.15) is 28.9 Å². The summed E-state index contributed by atoms with van der Waals surface area (Å²) in [6, 6.07) is 7.84. The van der Waals surface area contributed by atoms with E-state index in [1.807, 2.05) is 26.0 Å². The number of esters is 1. The number of aryl methyl sites for hydroxylation is 2. The molecule has 3 rings (SSSR count). The third kappa shape index (κ3) is 6.24. The molecule has 8 heteroatoms. The molecule has 1 unspecified atom stereocenters. The summed E-state index contributed by atoms with van der Waals surface area (Å²) >= 11 is 0. The van der Waals surface area contributed by atoms with Crippen molar-refractivity contribution in [2.24, 2.45) is 4.99 Å². The van der Waals surface area contributed by atoms with Crippen molar-refractivity contribution in [3.05, 3.63) is 52.5 Å². The molecule has 31 heavy (non-hydrogen) atoms. The van der Waals surface area contributed by atoms with Crippen molar-refractivity contribution in [3.8, 4) is 5.75 Å². The maximum atomic E-state index is 11.8. The topological polar surface area (TPSA) is 94.3 Å². The number of hydrogen-bond acceptors (Lipinski definition) is 6. The predicted molar refractivity (Wildman–Crippen MR) is 117 cm³/mol. The standard InChI is InChI=1S/C23H31N3O5/c1-5-24-23(26-13-19-11-20(16(3)30-19)22(27)28-4)25-12-17-7-6-15(2)10-21(17)31-18-8-9-29-14-18/h6-7,10-11,18H,5,8-9,12-14H2,1-4H3,(H2,24,25,26). The first-order valence-electron chi connectivity index (χ1n) is 10.5. The van der Waals surface area contributed by atoms with E-state index in [9.17, 15) is 4.79 Å². The van der Waals surface area contributed by atoms with E-state index < -0.39 is 5.97 Å². The highest BCUT2D eigenvalue weighted by molar-refractivity contribution is 5.90. The molecule has 1 aliphatic rings. The number of nitrogens with one attached hydrogen (secondary N) is 2. The Morgan fingerprint density at radius 1 is 1.26 bits per heavy atom. The minimum atomic E-state index is -0.410. The SMILES string of the molecule is CCNC(=NCc1ccc(C)cc1OC1CCOC1)NCc1cc(C(=O)OC)c(C)o1. The molecule has 0 bridgehead atoms. The van der Waals surface area contributed by atoms with E-state index in [2.05, 4.69) is 16.7 Å². The van der Waals surface area contributed by atoms with E-state index in [0.29, 0.717) is 49.3 Å². The van der Waals surface area contributed by atoms with Gasteiger partial charge >= 0.3 is 5.97 Å². The van der Waals surface area contributed by atoms with Gasteiger partial charge in [-0.05, 0) is 38.5 Å². The van der Waals surface area contributed by atoms with Crippen LogP contribution < -0.4 is 15.4 Å². The number of hydrogen-bond donors (Lipinski definition) is 2. The molecular formula is C23H31N3O5. The Morgan fingerprint density at radius 3 is 2.81 bits per heavy atom. The van der Waals surface area contributed by atoms with Gasteiger partial charge in [-0.15, -0.1) is 0 Å². The summed E-state index contributed by atoms with van der Waals surface area (Å²) in [7, 11) is 1.35. The summed E-state index contributed by atoms with van der Waals surface area (Å²) in [5.41, 5.74) is 2.58. The molecule has 0 radical (unpaired) electrons. The number of aliphatic imine (C=N–C) groups is 1. The molecule has 0 spiro atoms. The van der Waals surface area contributed by atoms with Crippen LogP contribution in [0.2, 0.25) is 0 Å². The Labute approximate surface area is 183 Å². The molecule has 1 aromatic heterocycles. The van der Waals surface area contributed by atoms with Gasteiger partial charge in [-0.2, -0.15) is 0 Å². The highest BCUT2D eigenvalue weighted by Gasteiger charge is 2.19. The van der Waals surface area contributed by atoms with E-state index in [1.54, 1.807) is 13.0 Å². The molecule has 1 aromatic carbocycles. The van der Waals surface area contributed by atoms with E-state index >= 15 is 0 Å². The third-order valence-corrected chi connectivity index (χ3v) is 4.96. The number of carbonyl (C=O) groups excluding carboxylic acids is 1. The smallest absolute Gasteiger partial charge is 0.341 e. The van der Waals surface area contributed by atoms with Crippen molar-refractivity contribution in [2.45, 2.75) is 46.4 Å². The van der Waals surface area contributed by atoms with Gasteiger partial charge < -0.3 is 29.3 Å². The average molecular weight is 430 g/mol. The molecular weight excluding hydrogens is 398 g/mol. The molecule has 0 amide bonds. The second-order valence-electron chi connectivity index (χ2n) is 7.44. The van der Waals surface area contributed by atoms with Crippen molar-refractivity contribution in [3.63, 3.8) is 0 Å². The van der Waals surface area contributed by atoms with Crippen LogP contribution in [0.5, 0.6) is 5.75 Å². The first-order valence-corrected chi connectivity index (χ1v) is 10.5. The minimum Gasteiger partial charge on any atom is -0.488 e. The lowest BCUT2D eigenvalue weighted by Gasteiger charge is -2.16. The lowest BCUT2D eigenvalue weighted by molar-refractivity contribution is 0.0599. The normalized spacial score (nSPS) is 16.3. The zero-order valence-electron chi connectivity index (χ0n) is 18.6. The highest BCUT2D eigenvalue weighted by Crippen LogP contribution is 2.24. The highest BCUT2D eigenvalue weighted by atomic mass is 16.5. The quantitative estimate of drug-likeness (QED) is 0.378. The van der Waals surface area contributed by atoms with Gasteiger partial charge in [-0.3, -0.25) is 0 Å². The number of rotatable bonds is 8. The van der Waals surface area contributed by atoms with Crippen molar-refractivity contribution in [1.29, 1.82) is 0 Å². The Bertz CT molecular complexity index is 916. The molecule has 1 saturated heterocycles. The summed E-state index contributed by atoms with van der Waals surface area (Å²) in [4.78, 5) is 16.5. The minimum absolute atomic E-state index is 0.0853. The molecule has 8 nitrogen and oxygen atoms in total. The van der Waals surface area contributed by atoms with Crippen molar-refractivity contribution in [2.75, 3.05) is 26.9 Å². The van der Waals surface area contributed by atoms with Crippen molar-refractivity contribution < 1.29 is 23.4 Å². The maximum absolute atomic E-state index is 11.8. The molecule has 1 fully saturated rings.